The molecule has 6 rings (SSSR count). The summed E-state index contributed by atoms with van der Waals surface area (Å²) < 4.78 is 12.8. The Balaban J connectivity index is 1.08. The third kappa shape index (κ3) is 6.41. The van der Waals surface area contributed by atoms with E-state index in [9.17, 15) is 9.59 Å². The molecule has 3 saturated carbocycles. The first-order valence-electron chi connectivity index (χ1n) is 19.4. The fraction of sp³-hybridized carbons (Fsp3) is 0.721. The average molecular weight is 722 g/mol. The summed E-state index contributed by atoms with van der Waals surface area (Å²) in [5.74, 6) is 4.44. The number of hydrogen-bond donors (Lipinski definition) is 0. The van der Waals surface area contributed by atoms with Crippen LogP contribution in [0.1, 0.15) is 154 Å². The number of fused-ring (bicyclic) bond motifs is 5. The molecule has 1 aromatic carbocycles. The van der Waals surface area contributed by atoms with E-state index in [1.165, 1.54) is 51.4 Å². The summed E-state index contributed by atoms with van der Waals surface area (Å²) in [6.07, 6.45) is 19.0. The third-order valence-corrected chi connectivity index (χ3v) is 15.4. The number of cyclic esters (lactones) is 1. The summed E-state index contributed by atoms with van der Waals surface area (Å²) >= 11 is 3.67. The zero-order valence-corrected chi connectivity index (χ0v) is 32.4. The maximum absolute atomic E-state index is 13.4. The highest BCUT2D eigenvalue weighted by molar-refractivity contribution is 9.11. The number of unbranched alkanes of at least 4 members (excludes halogenated alkanes) is 1. The Kier molecular flexibility index (Phi) is 10.5. The van der Waals surface area contributed by atoms with Crippen molar-refractivity contribution in [1.82, 2.24) is 0 Å². The number of carbonyl (C=O) groups is 2. The van der Waals surface area contributed by atoms with Crippen molar-refractivity contribution < 1.29 is 19.1 Å². The summed E-state index contributed by atoms with van der Waals surface area (Å²) in [4.78, 5) is 26.0. The topological polar surface area (TPSA) is 52.6 Å². The predicted octanol–water partition coefficient (Wildman–Crippen LogP) is 11.9. The quantitative estimate of drug-likeness (QED) is 0.169. The average Bonchev–Trinajstić information content (AvgIpc) is 3.52. The molecule has 0 radical (unpaired) electrons. The number of hydrogen-bond acceptors (Lipinski definition) is 4. The van der Waals surface area contributed by atoms with Gasteiger partial charge in [0.15, 0.2) is 5.60 Å². The summed E-state index contributed by atoms with van der Waals surface area (Å²) in [6.45, 7) is 16.5. The van der Waals surface area contributed by atoms with Crippen molar-refractivity contribution in [2.45, 2.75) is 150 Å². The molecule has 4 nitrogen and oxygen atoms in total. The molecular weight excluding hydrogens is 660 g/mol. The van der Waals surface area contributed by atoms with E-state index in [-0.39, 0.29) is 23.5 Å². The molecule has 4 aliphatic carbocycles. The fourth-order valence-corrected chi connectivity index (χ4v) is 12.0. The molecule has 0 amide bonds. The largest absolute Gasteiger partial charge is 0.458 e. The van der Waals surface area contributed by atoms with Gasteiger partial charge < -0.3 is 9.47 Å². The maximum atomic E-state index is 13.4. The van der Waals surface area contributed by atoms with Gasteiger partial charge in [0.2, 0.25) is 0 Å². The SMILES string of the molecule is CCCCC1=C(Br)[C@](C)(c2ccc(C(=O)O[C@H]3CC[C@@]4(C)C(=CC[C@H]5[C@@H]6CC[C@H]([C@H](C)CCCC(C)C)[C@@]6(C)CC[C@@H]54)C3)cc2)OC1=O. The zero-order chi connectivity index (χ0) is 34.4. The molecule has 1 heterocycles. The second-order valence-corrected chi connectivity index (χ2v) is 18.2. The van der Waals surface area contributed by atoms with Gasteiger partial charge in [0.25, 0.3) is 0 Å². The lowest BCUT2D eigenvalue weighted by Crippen LogP contribution is -2.51. The van der Waals surface area contributed by atoms with Crippen LogP contribution in [-0.2, 0) is 19.9 Å². The van der Waals surface area contributed by atoms with Crippen LogP contribution in [0, 0.1) is 46.3 Å². The van der Waals surface area contributed by atoms with Crippen molar-refractivity contribution in [2.75, 3.05) is 0 Å². The first-order valence-corrected chi connectivity index (χ1v) is 20.2. The van der Waals surface area contributed by atoms with Gasteiger partial charge >= 0.3 is 11.9 Å². The van der Waals surface area contributed by atoms with Crippen LogP contribution in [0.4, 0.5) is 0 Å². The standard InChI is InChI=1S/C43H61BrO4/c1-8-9-13-34-38(44)43(7,48-40(34)46)30-16-14-29(15-17-30)39(45)47-32-22-24-41(5)31(26-32)18-19-33-36-21-20-35(28(4)12-10-11-27(2)3)42(36,6)25-23-37(33)41/h14-18,27-28,32-33,35-37H,8-13,19-26H2,1-7H3/t28-,32+,33+,35-,36+,37+,41+,42-,43+/m1/s1. The van der Waals surface area contributed by atoms with E-state index < -0.39 is 5.60 Å². The molecule has 0 unspecified atom stereocenters. The number of carbonyl (C=O) groups excluding carboxylic acids is 2. The highest BCUT2D eigenvalue weighted by atomic mass is 79.9. The molecule has 0 aromatic heterocycles. The van der Waals surface area contributed by atoms with E-state index in [0.29, 0.717) is 23.0 Å². The summed E-state index contributed by atoms with van der Waals surface area (Å²) in [5.41, 5.74) is 3.53. The van der Waals surface area contributed by atoms with E-state index in [1.807, 2.05) is 31.2 Å². The van der Waals surface area contributed by atoms with Crippen LogP contribution in [0.2, 0.25) is 0 Å². The van der Waals surface area contributed by atoms with Gasteiger partial charge in [-0.3, -0.25) is 0 Å². The second-order valence-electron chi connectivity index (χ2n) is 17.5. The monoisotopic (exact) mass is 720 g/mol. The molecule has 9 atom stereocenters. The Labute approximate surface area is 299 Å². The van der Waals surface area contributed by atoms with Crippen LogP contribution < -0.4 is 0 Å². The number of halogens is 1. The minimum Gasteiger partial charge on any atom is -0.458 e. The minimum atomic E-state index is -0.872. The lowest BCUT2D eigenvalue weighted by molar-refractivity contribution is -0.146. The number of benzene rings is 1. The summed E-state index contributed by atoms with van der Waals surface area (Å²) in [5, 5.41) is 0. The fourth-order valence-electron chi connectivity index (χ4n) is 11.3. The van der Waals surface area contributed by atoms with Gasteiger partial charge in [0.1, 0.15) is 6.10 Å². The number of esters is 2. The Morgan fingerprint density at radius 2 is 1.73 bits per heavy atom. The molecule has 264 valence electrons. The van der Waals surface area contributed by atoms with Crippen LogP contribution in [0.15, 0.2) is 46.0 Å². The lowest BCUT2D eigenvalue weighted by atomic mass is 9.47. The Bertz CT molecular complexity index is 1420. The minimum absolute atomic E-state index is 0.0732. The predicted molar refractivity (Wildman–Crippen MR) is 198 cm³/mol. The van der Waals surface area contributed by atoms with Gasteiger partial charge in [-0.25, -0.2) is 9.59 Å². The van der Waals surface area contributed by atoms with Gasteiger partial charge in [-0.1, -0.05) is 107 Å². The molecule has 1 aromatic rings. The van der Waals surface area contributed by atoms with Crippen molar-refractivity contribution >= 4 is 27.9 Å². The van der Waals surface area contributed by atoms with Crippen LogP contribution in [0.3, 0.4) is 0 Å². The van der Waals surface area contributed by atoms with Gasteiger partial charge in [0, 0.05) is 12.0 Å². The molecule has 0 spiro atoms. The van der Waals surface area contributed by atoms with Gasteiger partial charge in [-0.15, -0.1) is 0 Å². The molecule has 3 fully saturated rings. The molecule has 0 bridgehead atoms. The van der Waals surface area contributed by atoms with Gasteiger partial charge in [-0.2, -0.15) is 0 Å². The van der Waals surface area contributed by atoms with Gasteiger partial charge in [-0.05, 0) is 123 Å². The first-order chi connectivity index (χ1) is 22.8. The lowest BCUT2D eigenvalue weighted by Gasteiger charge is -2.58. The van der Waals surface area contributed by atoms with Crippen molar-refractivity contribution in [3.8, 4) is 0 Å². The van der Waals surface area contributed by atoms with E-state index in [1.54, 1.807) is 5.57 Å². The molecule has 5 heteroatoms. The maximum Gasteiger partial charge on any atom is 0.338 e. The number of ether oxygens (including phenoxy) is 2. The number of rotatable bonds is 11. The van der Waals surface area contributed by atoms with Crippen LogP contribution in [-0.4, -0.2) is 18.0 Å². The molecule has 0 N–H and O–H groups in total. The molecule has 5 aliphatic rings. The van der Waals surface area contributed by atoms with E-state index >= 15 is 0 Å². The Morgan fingerprint density at radius 3 is 2.44 bits per heavy atom. The van der Waals surface area contributed by atoms with Crippen LogP contribution >= 0.6 is 15.9 Å². The first kappa shape index (κ1) is 35.9. The van der Waals surface area contributed by atoms with Crippen LogP contribution in [0.5, 0.6) is 0 Å². The van der Waals surface area contributed by atoms with Gasteiger partial charge in [0.05, 0.1) is 15.6 Å². The van der Waals surface area contributed by atoms with Crippen molar-refractivity contribution in [3.63, 3.8) is 0 Å². The summed E-state index contributed by atoms with van der Waals surface area (Å²) in [7, 11) is 0. The van der Waals surface area contributed by atoms with Crippen molar-refractivity contribution in [1.29, 1.82) is 0 Å². The molecule has 0 saturated heterocycles. The molecular formula is C43H61BrO4. The van der Waals surface area contributed by atoms with Crippen LogP contribution in [0.25, 0.3) is 0 Å². The summed E-state index contributed by atoms with van der Waals surface area (Å²) in [6, 6.07) is 7.42. The van der Waals surface area contributed by atoms with E-state index in [0.717, 1.165) is 77.7 Å². The molecule has 48 heavy (non-hydrogen) atoms. The molecule has 1 aliphatic heterocycles. The zero-order valence-electron chi connectivity index (χ0n) is 30.8. The van der Waals surface area contributed by atoms with Crippen molar-refractivity contribution in [2.24, 2.45) is 46.3 Å². The van der Waals surface area contributed by atoms with Crippen molar-refractivity contribution in [3.05, 3.63) is 57.1 Å². The highest BCUT2D eigenvalue weighted by Gasteiger charge is 2.59. The Morgan fingerprint density at radius 1 is 0.979 bits per heavy atom. The van der Waals surface area contributed by atoms with E-state index in [4.69, 9.17) is 9.47 Å². The second kappa shape index (κ2) is 14.0. The smallest absolute Gasteiger partial charge is 0.338 e. The highest BCUT2D eigenvalue weighted by Crippen LogP contribution is 2.67. The van der Waals surface area contributed by atoms with E-state index in [2.05, 4.69) is 63.5 Å². The number of allylic oxidation sites excluding steroid dienone is 1. The normalized spacial score (nSPS) is 36.6. The Hall–Kier alpha value is -1.88. The third-order valence-electron chi connectivity index (χ3n) is 14.2.